The summed E-state index contributed by atoms with van der Waals surface area (Å²) in [4.78, 5) is 31.0. The van der Waals surface area contributed by atoms with Gasteiger partial charge in [0.05, 0.1) is 15.7 Å². The van der Waals surface area contributed by atoms with E-state index in [-0.39, 0.29) is 5.91 Å². The van der Waals surface area contributed by atoms with Crippen molar-refractivity contribution in [3.8, 4) is 0 Å². The first kappa shape index (κ1) is 17.5. The quantitative estimate of drug-likeness (QED) is 0.830. The van der Waals surface area contributed by atoms with Crippen LogP contribution in [-0.4, -0.2) is 53.3 Å². The number of nitrogens with zero attached hydrogens (tertiary/aromatic N) is 3. The second-order valence-electron chi connectivity index (χ2n) is 5.59. The molecule has 1 aromatic carbocycles. The maximum Gasteiger partial charge on any atom is 0.254 e. The number of carbonyl (C=O) groups excluding carboxylic acids is 2. The first-order valence-corrected chi connectivity index (χ1v) is 8.50. The number of benzene rings is 1. The fourth-order valence-electron chi connectivity index (χ4n) is 2.58. The maximum absolute atomic E-state index is 12.6. The van der Waals surface area contributed by atoms with E-state index in [1.165, 1.54) is 0 Å². The molecule has 1 aliphatic rings. The molecule has 3 rings (SSSR count). The molecule has 1 saturated heterocycles. The zero-order valence-electron chi connectivity index (χ0n) is 13.3. The molecule has 0 bridgehead atoms. The Hall–Kier alpha value is -2.31. The van der Waals surface area contributed by atoms with Crippen molar-refractivity contribution in [3.05, 3.63) is 52.1 Å². The molecule has 2 aromatic rings. The Bertz CT molecular complexity index is 792. The van der Waals surface area contributed by atoms with Crippen molar-refractivity contribution in [2.45, 2.75) is 0 Å². The van der Waals surface area contributed by atoms with Crippen molar-refractivity contribution in [1.29, 1.82) is 0 Å². The van der Waals surface area contributed by atoms with Crippen LogP contribution in [0, 0.1) is 0 Å². The van der Waals surface area contributed by atoms with Gasteiger partial charge < -0.3 is 15.1 Å². The van der Waals surface area contributed by atoms with E-state index in [2.05, 4.69) is 10.3 Å². The highest BCUT2D eigenvalue weighted by Gasteiger charge is 2.21. The Morgan fingerprint density at radius 1 is 1.16 bits per heavy atom. The second-order valence-corrected chi connectivity index (χ2v) is 6.37. The van der Waals surface area contributed by atoms with E-state index in [0.717, 1.165) is 6.41 Å². The number of amides is 2. The predicted molar refractivity (Wildman–Crippen MR) is 97.5 cm³/mol. The second kappa shape index (κ2) is 7.72. The first-order chi connectivity index (χ1) is 12.1. The first-order valence-electron chi connectivity index (χ1n) is 7.74. The molecule has 1 aromatic heterocycles. The van der Waals surface area contributed by atoms with Gasteiger partial charge in [-0.25, -0.2) is 4.98 Å². The van der Waals surface area contributed by atoms with Crippen molar-refractivity contribution in [2.24, 2.45) is 0 Å². The van der Waals surface area contributed by atoms with Crippen LogP contribution in [0.1, 0.15) is 10.4 Å². The molecule has 8 heteroatoms. The van der Waals surface area contributed by atoms with E-state index in [1.807, 2.05) is 0 Å². The third-order valence-corrected chi connectivity index (χ3v) is 4.79. The minimum absolute atomic E-state index is 0.0896. The molecule has 0 saturated carbocycles. The molecule has 1 fully saturated rings. The third-order valence-electron chi connectivity index (χ3n) is 3.97. The van der Waals surface area contributed by atoms with Gasteiger partial charge in [-0.2, -0.15) is 0 Å². The Kier molecular flexibility index (Phi) is 5.40. The van der Waals surface area contributed by atoms with Crippen molar-refractivity contribution in [3.63, 3.8) is 0 Å². The van der Waals surface area contributed by atoms with Gasteiger partial charge in [-0.15, -0.1) is 0 Å². The smallest absolute Gasteiger partial charge is 0.254 e. The van der Waals surface area contributed by atoms with Gasteiger partial charge in [0.2, 0.25) is 6.41 Å². The van der Waals surface area contributed by atoms with E-state index in [0.29, 0.717) is 53.3 Å². The molecule has 130 valence electrons. The summed E-state index contributed by atoms with van der Waals surface area (Å²) in [6.45, 7) is 2.12. The Morgan fingerprint density at radius 3 is 2.64 bits per heavy atom. The van der Waals surface area contributed by atoms with Crippen molar-refractivity contribution < 1.29 is 9.59 Å². The number of rotatable bonds is 4. The summed E-state index contributed by atoms with van der Waals surface area (Å²) in [5.74, 6) is 0.412. The largest absolute Gasteiger partial charge is 0.342 e. The highest BCUT2D eigenvalue weighted by Crippen LogP contribution is 2.31. The zero-order valence-corrected chi connectivity index (χ0v) is 14.8. The molecular formula is C17H16Cl2N4O2. The number of nitrogens with one attached hydrogen (secondary N) is 1. The summed E-state index contributed by atoms with van der Waals surface area (Å²) in [6, 6.07) is 8.59. The van der Waals surface area contributed by atoms with Crippen LogP contribution in [0.25, 0.3) is 0 Å². The monoisotopic (exact) mass is 378 g/mol. The lowest BCUT2D eigenvalue weighted by Gasteiger charge is -2.32. The van der Waals surface area contributed by atoms with Crippen LogP contribution >= 0.6 is 23.2 Å². The van der Waals surface area contributed by atoms with Crippen LogP contribution in [-0.2, 0) is 4.79 Å². The van der Waals surface area contributed by atoms with E-state index < -0.39 is 0 Å². The highest BCUT2D eigenvalue weighted by molar-refractivity contribution is 6.43. The van der Waals surface area contributed by atoms with Crippen molar-refractivity contribution in [2.75, 3.05) is 31.5 Å². The van der Waals surface area contributed by atoms with E-state index in [4.69, 9.17) is 23.2 Å². The molecule has 0 aliphatic carbocycles. The number of hydrogen-bond acceptors (Lipinski definition) is 4. The van der Waals surface area contributed by atoms with Gasteiger partial charge in [0.1, 0.15) is 5.82 Å². The van der Waals surface area contributed by atoms with Gasteiger partial charge >= 0.3 is 0 Å². The van der Waals surface area contributed by atoms with E-state index >= 15 is 0 Å². The number of halogens is 2. The average Bonchev–Trinajstić information content (AvgIpc) is 2.65. The topological polar surface area (TPSA) is 65.5 Å². The lowest BCUT2D eigenvalue weighted by Crippen LogP contribution is -2.48. The van der Waals surface area contributed by atoms with E-state index in [1.54, 1.807) is 46.3 Å². The molecule has 2 heterocycles. The van der Waals surface area contributed by atoms with Gasteiger partial charge in [-0.05, 0) is 24.3 Å². The minimum atomic E-state index is -0.0896. The SMILES string of the molecule is O=CN1CCN(C(=O)c2ccnc(Nc3cccc(Cl)c3Cl)c2)CC1. The fraction of sp³-hybridized carbons (Fsp3) is 0.235. The molecule has 0 atom stereocenters. The van der Waals surface area contributed by atoms with Gasteiger partial charge in [-0.3, -0.25) is 9.59 Å². The number of anilines is 2. The van der Waals surface area contributed by atoms with Crippen LogP contribution in [0.4, 0.5) is 11.5 Å². The number of aromatic nitrogens is 1. The summed E-state index contributed by atoms with van der Waals surface area (Å²) in [5.41, 5.74) is 1.14. The number of pyridine rings is 1. The van der Waals surface area contributed by atoms with Gasteiger partial charge in [0.15, 0.2) is 0 Å². The maximum atomic E-state index is 12.6. The van der Waals surface area contributed by atoms with Crippen LogP contribution < -0.4 is 5.32 Å². The van der Waals surface area contributed by atoms with Gasteiger partial charge in [-0.1, -0.05) is 29.3 Å². The van der Waals surface area contributed by atoms with Crippen LogP contribution in [0.15, 0.2) is 36.5 Å². The zero-order chi connectivity index (χ0) is 17.8. The average molecular weight is 379 g/mol. The summed E-state index contributed by atoms with van der Waals surface area (Å²) >= 11 is 12.2. The summed E-state index contributed by atoms with van der Waals surface area (Å²) in [6.07, 6.45) is 2.38. The minimum Gasteiger partial charge on any atom is -0.342 e. The molecule has 1 N–H and O–H groups in total. The van der Waals surface area contributed by atoms with Gasteiger partial charge in [0.25, 0.3) is 5.91 Å². The normalized spacial score (nSPS) is 14.3. The molecular weight excluding hydrogens is 363 g/mol. The Morgan fingerprint density at radius 2 is 1.92 bits per heavy atom. The lowest BCUT2D eigenvalue weighted by atomic mass is 10.2. The molecule has 1 aliphatic heterocycles. The fourth-order valence-corrected chi connectivity index (χ4v) is 2.93. The molecule has 6 nitrogen and oxygen atoms in total. The summed E-state index contributed by atoms with van der Waals surface area (Å²) in [7, 11) is 0. The molecule has 0 radical (unpaired) electrons. The molecule has 25 heavy (non-hydrogen) atoms. The van der Waals surface area contributed by atoms with Crippen LogP contribution in [0.3, 0.4) is 0 Å². The number of carbonyl (C=O) groups is 2. The van der Waals surface area contributed by atoms with Crippen molar-refractivity contribution in [1.82, 2.24) is 14.8 Å². The predicted octanol–water partition coefficient (Wildman–Crippen LogP) is 3.05. The van der Waals surface area contributed by atoms with Crippen LogP contribution in [0.5, 0.6) is 0 Å². The molecule has 0 spiro atoms. The number of piperazine rings is 1. The lowest BCUT2D eigenvalue weighted by molar-refractivity contribution is -0.119. The Balaban J connectivity index is 1.74. The third kappa shape index (κ3) is 4.03. The standard InChI is InChI=1S/C17H16Cl2N4O2/c18-13-2-1-3-14(16(13)19)21-15-10-12(4-5-20-15)17(25)23-8-6-22(11-24)7-9-23/h1-5,10-11H,6-9H2,(H,20,21). The van der Waals surface area contributed by atoms with Gasteiger partial charge in [0, 0.05) is 37.9 Å². The Labute approximate surface area is 155 Å². The number of hydrogen-bond donors (Lipinski definition) is 1. The summed E-state index contributed by atoms with van der Waals surface area (Å²) in [5, 5.41) is 3.91. The van der Waals surface area contributed by atoms with Crippen LogP contribution in [0.2, 0.25) is 10.0 Å². The summed E-state index contributed by atoms with van der Waals surface area (Å²) < 4.78 is 0. The highest BCUT2D eigenvalue weighted by atomic mass is 35.5. The van der Waals surface area contributed by atoms with Crippen molar-refractivity contribution >= 4 is 47.0 Å². The van der Waals surface area contributed by atoms with E-state index in [9.17, 15) is 9.59 Å². The molecule has 2 amide bonds. The molecule has 0 unspecified atom stereocenters.